The van der Waals surface area contributed by atoms with Crippen LogP contribution in [0.25, 0.3) is 20.2 Å². The molecule has 2 aromatic carbocycles. The van der Waals surface area contributed by atoms with Gasteiger partial charge in [-0.1, -0.05) is 18.7 Å². The van der Waals surface area contributed by atoms with Crippen LogP contribution in [0.3, 0.4) is 0 Å². The maximum Gasteiger partial charge on any atom is 0.262 e. The first-order valence-electron chi connectivity index (χ1n) is 12.4. The summed E-state index contributed by atoms with van der Waals surface area (Å²) < 4.78 is 1.78. The lowest BCUT2D eigenvalue weighted by molar-refractivity contribution is -0.127. The van der Waals surface area contributed by atoms with Gasteiger partial charge in [0.05, 0.1) is 15.6 Å². The number of nitrogen functional groups attached to an aromatic ring is 1. The van der Waals surface area contributed by atoms with Gasteiger partial charge in [0.1, 0.15) is 5.54 Å². The van der Waals surface area contributed by atoms with Crippen LogP contribution >= 0.6 is 22.7 Å². The SMILES string of the molecule is C=CC(=O)N1CCCC(NC(=O)c2sc3c(N)ccc4c3c2C(N)C(=O)C4(N)c2ccc3sccc3c2)C1. The molecule has 3 atom stereocenters. The minimum absolute atomic E-state index is 0.161. The highest BCUT2D eigenvalue weighted by Gasteiger charge is 2.49. The highest BCUT2D eigenvalue weighted by molar-refractivity contribution is 7.21. The number of carbonyl (C=O) groups is 3. The summed E-state index contributed by atoms with van der Waals surface area (Å²) in [4.78, 5) is 41.7. The zero-order chi connectivity index (χ0) is 26.8. The van der Waals surface area contributed by atoms with Gasteiger partial charge in [0.25, 0.3) is 5.91 Å². The smallest absolute Gasteiger partial charge is 0.262 e. The van der Waals surface area contributed by atoms with Crippen LogP contribution in [-0.4, -0.2) is 41.6 Å². The summed E-state index contributed by atoms with van der Waals surface area (Å²) in [6, 6.07) is 9.93. The normalized spacial score (nSPS) is 23.1. The molecule has 7 N–H and O–H groups in total. The summed E-state index contributed by atoms with van der Waals surface area (Å²) in [5.41, 5.74) is 20.6. The van der Waals surface area contributed by atoms with Crippen LogP contribution in [0.1, 0.15) is 45.2 Å². The summed E-state index contributed by atoms with van der Waals surface area (Å²) in [6.45, 7) is 4.58. The molecule has 0 radical (unpaired) electrons. The zero-order valence-electron chi connectivity index (χ0n) is 20.5. The number of benzene rings is 2. The Morgan fingerprint density at radius 3 is 2.82 bits per heavy atom. The number of carbonyl (C=O) groups excluding carboxylic acids is 3. The van der Waals surface area contributed by atoms with Crippen LogP contribution in [-0.2, 0) is 15.1 Å². The van der Waals surface area contributed by atoms with Crippen molar-refractivity contribution in [3.63, 3.8) is 0 Å². The molecule has 194 valence electrons. The fourth-order valence-electron chi connectivity index (χ4n) is 5.73. The molecule has 1 aliphatic carbocycles. The fourth-order valence-corrected chi connectivity index (χ4v) is 7.71. The van der Waals surface area contributed by atoms with Gasteiger partial charge in [0.15, 0.2) is 5.78 Å². The molecule has 1 saturated heterocycles. The molecule has 2 aromatic heterocycles. The van der Waals surface area contributed by atoms with Gasteiger partial charge in [-0.05, 0) is 65.1 Å². The van der Waals surface area contributed by atoms with E-state index >= 15 is 0 Å². The summed E-state index contributed by atoms with van der Waals surface area (Å²) in [5.74, 6) is -0.874. The average Bonchev–Trinajstić information content (AvgIpc) is 3.56. The van der Waals surface area contributed by atoms with Crippen LogP contribution in [0.2, 0.25) is 0 Å². The van der Waals surface area contributed by atoms with E-state index in [1.165, 1.54) is 17.4 Å². The number of Topliss-reactive ketones (excluding diaryl/α,β-unsaturated/α-hetero) is 1. The van der Waals surface area contributed by atoms with Gasteiger partial charge >= 0.3 is 0 Å². The van der Waals surface area contributed by atoms with E-state index in [1.54, 1.807) is 28.4 Å². The Bertz CT molecular complexity index is 1660. The maximum atomic E-state index is 14.0. The van der Waals surface area contributed by atoms with Gasteiger partial charge in [-0.15, -0.1) is 22.7 Å². The number of thiophene rings is 2. The second-order valence-corrected chi connectivity index (χ2v) is 11.8. The minimum atomic E-state index is -1.49. The predicted octanol–water partition coefficient (Wildman–Crippen LogP) is 3.39. The molecule has 8 nitrogen and oxygen atoms in total. The largest absolute Gasteiger partial charge is 0.398 e. The molecule has 3 heterocycles. The lowest BCUT2D eigenvalue weighted by Crippen LogP contribution is -2.53. The van der Waals surface area contributed by atoms with Crippen LogP contribution in [0, 0.1) is 0 Å². The molecule has 6 rings (SSSR count). The van der Waals surface area contributed by atoms with Gasteiger partial charge in [-0.25, -0.2) is 0 Å². The van der Waals surface area contributed by atoms with Crippen molar-refractivity contribution in [2.75, 3.05) is 18.8 Å². The van der Waals surface area contributed by atoms with Crippen molar-refractivity contribution in [2.45, 2.75) is 30.5 Å². The number of piperidine rings is 1. The molecule has 0 saturated carbocycles. The van der Waals surface area contributed by atoms with Crippen molar-refractivity contribution >= 4 is 66.1 Å². The highest BCUT2D eigenvalue weighted by Crippen LogP contribution is 2.49. The van der Waals surface area contributed by atoms with Gasteiger partial charge in [0.2, 0.25) is 5.91 Å². The second kappa shape index (κ2) is 9.02. The van der Waals surface area contributed by atoms with E-state index in [0.717, 1.165) is 22.9 Å². The Labute approximate surface area is 227 Å². The molecule has 10 heteroatoms. The summed E-state index contributed by atoms with van der Waals surface area (Å²) in [5, 5.41) is 6.72. The molecule has 1 fully saturated rings. The van der Waals surface area contributed by atoms with Gasteiger partial charge < -0.3 is 27.4 Å². The molecule has 2 aliphatic rings. The molecule has 0 spiro atoms. The standard InChI is InChI=1S/C28H27N5O3S2/c1-2-20(34)33-10-3-4-16(13-33)32-27(36)25-22-21-17(6-7-18(29)24(21)38-25)28(31,26(35)23(22)30)15-5-8-19-14(12-15)9-11-37-19/h2,5-9,11-12,16,23H,1,3-4,10,13,29-31H2,(H,32,36). The molecule has 2 amide bonds. The average molecular weight is 546 g/mol. The van der Waals surface area contributed by atoms with Gasteiger partial charge in [-0.2, -0.15) is 0 Å². The van der Waals surface area contributed by atoms with Crippen LogP contribution in [0.5, 0.6) is 0 Å². The molecule has 38 heavy (non-hydrogen) atoms. The van der Waals surface area contributed by atoms with Crippen LogP contribution < -0.4 is 22.5 Å². The minimum Gasteiger partial charge on any atom is -0.398 e. The number of amides is 2. The van der Waals surface area contributed by atoms with Crippen molar-refractivity contribution in [1.82, 2.24) is 10.2 Å². The first-order valence-corrected chi connectivity index (χ1v) is 14.1. The first-order chi connectivity index (χ1) is 18.2. The molecule has 3 unspecified atom stereocenters. The first kappa shape index (κ1) is 24.7. The van der Waals surface area contributed by atoms with E-state index in [2.05, 4.69) is 11.9 Å². The number of hydrogen-bond acceptors (Lipinski definition) is 8. The quantitative estimate of drug-likeness (QED) is 0.229. The monoisotopic (exact) mass is 545 g/mol. The second-order valence-electron chi connectivity index (χ2n) is 9.88. The fraction of sp³-hybridized carbons (Fsp3) is 0.250. The van der Waals surface area contributed by atoms with E-state index in [9.17, 15) is 14.4 Å². The Morgan fingerprint density at radius 1 is 1.21 bits per heavy atom. The predicted molar refractivity (Wildman–Crippen MR) is 152 cm³/mol. The van der Waals surface area contributed by atoms with E-state index in [4.69, 9.17) is 17.2 Å². The highest BCUT2D eigenvalue weighted by atomic mass is 32.1. The number of nitrogens with two attached hydrogens (primary N) is 3. The number of fused-ring (bicyclic) bond motifs is 1. The van der Waals surface area contributed by atoms with Crippen molar-refractivity contribution in [3.8, 4) is 0 Å². The third kappa shape index (κ3) is 3.59. The molecular weight excluding hydrogens is 518 g/mol. The number of nitrogens with zero attached hydrogens (tertiary/aromatic N) is 1. The van der Waals surface area contributed by atoms with Crippen molar-refractivity contribution in [1.29, 1.82) is 0 Å². The van der Waals surface area contributed by atoms with Crippen molar-refractivity contribution < 1.29 is 14.4 Å². The molecule has 0 bridgehead atoms. The van der Waals surface area contributed by atoms with Crippen molar-refractivity contribution in [3.05, 3.63) is 76.0 Å². The van der Waals surface area contributed by atoms with Gasteiger partial charge in [0, 0.05) is 40.5 Å². The summed E-state index contributed by atoms with van der Waals surface area (Å²) in [7, 11) is 0. The van der Waals surface area contributed by atoms with Crippen molar-refractivity contribution in [2.24, 2.45) is 11.5 Å². The summed E-state index contributed by atoms with van der Waals surface area (Å²) in [6.07, 6.45) is 2.79. The number of ketones is 1. The zero-order valence-corrected chi connectivity index (χ0v) is 22.2. The third-order valence-corrected chi connectivity index (χ3v) is 9.82. The third-order valence-electron chi connectivity index (χ3n) is 7.67. The summed E-state index contributed by atoms with van der Waals surface area (Å²) >= 11 is 2.84. The van der Waals surface area contributed by atoms with Crippen LogP contribution in [0.15, 0.2) is 54.4 Å². The molecular formula is C28H27N5O3S2. The number of anilines is 1. The van der Waals surface area contributed by atoms with Crippen LogP contribution in [0.4, 0.5) is 5.69 Å². The van der Waals surface area contributed by atoms with E-state index in [1.807, 2.05) is 29.6 Å². The Hall–Kier alpha value is -3.57. The lowest BCUT2D eigenvalue weighted by atomic mass is 9.70. The Kier molecular flexibility index (Phi) is 5.88. The lowest BCUT2D eigenvalue weighted by Gasteiger charge is -2.36. The Morgan fingerprint density at radius 2 is 2.03 bits per heavy atom. The maximum absolute atomic E-state index is 14.0. The number of nitrogens with one attached hydrogen (secondary N) is 1. The topological polar surface area (TPSA) is 145 Å². The van der Waals surface area contributed by atoms with E-state index < -0.39 is 11.6 Å². The number of likely N-dealkylation sites (tertiary alicyclic amines) is 1. The van der Waals surface area contributed by atoms with Gasteiger partial charge in [-0.3, -0.25) is 14.4 Å². The number of hydrogen-bond donors (Lipinski definition) is 4. The van der Waals surface area contributed by atoms with E-state index in [0.29, 0.717) is 50.4 Å². The molecule has 1 aliphatic heterocycles. The van der Waals surface area contributed by atoms with E-state index in [-0.39, 0.29) is 23.6 Å². The molecule has 4 aromatic rings. The number of rotatable bonds is 4. The Balaban J connectivity index is 1.44.